The molecule has 1 aromatic carbocycles. The van der Waals surface area contributed by atoms with Gasteiger partial charge in [0.15, 0.2) is 5.65 Å². The number of pyridine rings is 1. The number of carbonyl (C=O) groups excluding carboxylic acids is 1. The van der Waals surface area contributed by atoms with Crippen molar-refractivity contribution in [1.29, 1.82) is 0 Å². The van der Waals surface area contributed by atoms with Crippen molar-refractivity contribution in [2.75, 3.05) is 5.32 Å². The van der Waals surface area contributed by atoms with Gasteiger partial charge in [0.2, 0.25) is 5.91 Å². The molecule has 1 amide bonds. The molecule has 13 heteroatoms. The number of carbonyl (C=O) groups is 1. The molecule has 0 saturated carbocycles. The topological polar surface area (TPSA) is 94.2 Å². The number of halogens is 5. The molecule has 0 atom stereocenters. The summed E-state index contributed by atoms with van der Waals surface area (Å²) in [4.78, 5) is 24.9. The summed E-state index contributed by atoms with van der Waals surface area (Å²) in [5.74, 6) is -0.756. The number of hydrogen-bond donors (Lipinski definition) is 1. The van der Waals surface area contributed by atoms with Crippen molar-refractivity contribution in [3.63, 3.8) is 0 Å². The highest BCUT2D eigenvalue weighted by Gasteiger charge is 2.31. The van der Waals surface area contributed by atoms with E-state index in [2.05, 4.69) is 20.6 Å². The number of rotatable bonds is 4. The molecular formula is C18H11F5N6O2. The van der Waals surface area contributed by atoms with Gasteiger partial charge in [-0.1, -0.05) is 0 Å². The van der Waals surface area contributed by atoms with E-state index in [1.165, 1.54) is 23.0 Å². The Morgan fingerprint density at radius 3 is 2.61 bits per heavy atom. The van der Waals surface area contributed by atoms with Crippen LogP contribution in [0.15, 0.2) is 47.7 Å². The Morgan fingerprint density at radius 2 is 1.90 bits per heavy atom. The fraction of sp³-hybridized carbons (Fsp3) is 0.167. The zero-order chi connectivity index (χ0) is 22.3. The first kappa shape index (κ1) is 20.4. The molecule has 0 aliphatic rings. The van der Waals surface area contributed by atoms with Gasteiger partial charge in [-0.25, -0.2) is 13.5 Å². The average molecular weight is 438 g/mol. The van der Waals surface area contributed by atoms with Crippen molar-refractivity contribution in [2.24, 2.45) is 0 Å². The number of fused-ring (bicyclic) bond motifs is 2. The van der Waals surface area contributed by atoms with Gasteiger partial charge >= 0.3 is 6.18 Å². The maximum absolute atomic E-state index is 13.5. The maximum Gasteiger partial charge on any atom is 0.416 e. The Balaban J connectivity index is 1.68. The molecule has 31 heavy (non-hydrogen) atoms. The SMILES string of the molecule is O=C(Cn1nc(C(F)F)c2cc(C(F)(F)F)ccc2c1=O)Nc1ccc2nncn2c1. The van der Waals surface area contributed by atoms with Crippen molar-refractivity contribution >= 4 is 28.0 Å². The fourth-order valence-corrected chi connectivity index (χ4v) is 2.99. The van der Waals surface area contributed by atoms with E-state index in [1.54, 1.807) is 6.07 Å². The number of benzene rings is 1. The quantitative estimate of drug-likeness (QED) is 0.495. The van der Waals surface area contributed by atoms with Gasteiger partial charge in [0.05, 0.1) is 16.6 Å². The van der Waals surface area contributed by atoms with Crippen molar-refractivity contribution in [2.45, 2.75) is 19.1 Å². The lowest BCUT2D eigenvalue weighted by molar-refractivity contribution is -0.137. The summed E-state index contributed by atoms with van der Waals surface area (Å²) in [6.45, 7) is -0.726. The average Bonchev–Trinajstić information content (AvgIpc) is 3.16. The minimum atomic E-state index is -4.78. The van der Waals surface area contributed by atoms with Gasteiger partial charge in [-0.3, -0.25) is 14.0 Å². The Morgan fingerprint density at radius 1 is 1.13 bits per heavy atom. The number of amides is 1. The van der Waals surface area contributed by atoms with Gasteiger partial charge in [0.1, 0.15) is 18.6 Å². The lowest BCUT2D eigenvalue weighted by Gasteiger charge is -2.13. The maximum atomic E-state index is 13.5. The molecule has 0 spiro atoms. The van der Waals surface area contributed by atoms with Crippen LogP contribution in [0.3, 0.4) is 0 Å². The van der Waals surface area contributed by atoms with Crippen LogP contribution in [0, 0.1) is 0 Å². The third-order valence-electron chi connectivity index (χ3n) is 4.39. The lowest BCUT2D eigenvalue weighted by atomic mass is 10.1. The van der Waals surface area contributed by atoms with E-state index in [1.807, 2.05) is 0 Å². The van der Waals surface area contributed by atoms with Crippen LogP contribution < -0.4 is 10.9 Å². The largest absolute Gasteiger partial charge is 0.416 e. The predicted molar refractivity (Wildman–Crippen MR) is 97.6 cm³/mol. The van der Waals surface area contributed by atoms with E-state index >= 15 is 0 Å². The molecule has 0 saturated heterocycles. The van der Waals surface area contributed by atoms with Crippen molar-refractivity contribution in [1.82, 2.24) is 24.4 Å². The van der Waals surface area contributed by atoms with E-state index in [-0.39, 0.29) is 0 Å². The van der Waals surface area contributed by atoms with Crippen LogP contribution in [0.5, 0.6) is 0 Å². The van der Waals surface area contributed by atoms with Crippen molar-refractivity contribution < 1.29 is 26.7 Å². The van der Waals surface area contributed by atoms with Gasteiger partial charge in [0.25, 0.3) is 12.0 Å². The molecule has 0 unspecified atom stereocenters. The Labute approximate surface area is 168 Å². The highest BCUT2D eigenvalue weighted by molar-refractivity contribution is 5.91. The summed E-state index contributed by atoms with van der Waals surface area (Å²) < 4.78 is 67.7. The molecule has 3 heterocycles. The van der Waals surface area contributed by atoms with E-state index in [0.717, 1.165) is 6.07 Å². The first-order valence-electron chi connectivity index (χ1n) is 8.63. The smallest absolute Gasteiger partial charge is 0.323 e. The molecule has 1 N–H and O–H groups in total. The van der Waals surface area contributed by atoms with E-state index in [9.17, 15) is 31.5 Å². The van der Waals surface area contributed by atoms with E-state index < -0.39 is 52.6 Å². The molecule has 0 fully saturated rings. The van der Waals surface area contributed by atoms with Gasteiger partial charge < -0.3 is 5.32 Å². The second-order valence-electron chi connectivity index (χ2n) is 6.47. The monoisotopic (exact) mass is 438 g/mol. The fourth-order valence-electron chi connectivity index (χ4n) is 2.99. The molecule has 4 rings (SSSR count). The summed E-state index contributed by atoms with van der Waals surface area (Å²) in [6, 6.07) is 4.93. The minimum absolute atomic E-state index is 0.315. The van der Waals surface area contributed by atoms with Crippen LogP contribution in [-0.2, 0) is 17.5 Å². The summed E-state index contributed by atoms with van der Waals surface area (Å²) in [5, 5.41) is 12.4. The highest BCUT2D eigenvalue weighted by atomic mass is 19.4. The molecule has 160 valence electrons. The Bertz CT molecular complexity index is 1360. The third-order valence-corrected chi connectivity index (χ3v) is 4.39. The zero-order valence-corrected chi connectivity index (χ0v) is 15.3. The second kappa shape index (κ2) is 7.41. The van der Waals surface area contributed by atoms with Crippen LogP contribution in [0.1, 0.15) is 17.7 Å². The van der Waals surface area contributed by atoms with Crippen LogP contribution in [0.2, 0.25) is 0 Å². The third kappa shape index (κ3) is 3.93. The number of aromatic nitrogens is 5. The minimum Gasteiger partial charge on any atom is -0.323 e. The van der Waals surface area contributed by atoms with E-state index in [0.29, 0.717) is 28.1 Å². The van der Waals surface area contributed by atoms with Crippen molar-refractivity contribution in [3.05, 3.63) is 64.5 Å². The highest BCUT2D eigenvalue weighted by Crippen LogP contribution is 2.33. The lowest BCUT2D eigenvalue weighted by Crippen LogP contribution is -2.31. The first-order chi connectivity index (χ1) is 14.6. The van der Waals surface area contributed by atoms with Gasteiger partial charge in [-0.15, -0.1) is 10.2 Å². The zero-order valence-electron chi connectivity index (χ0n) is 15.3. The molecule has 0 aliphatic carbocycles. The summed E-state index contributed by atoms with van der Waals surface area (Å²) in [6.07, 6.45) is -5.16. The van der Waals surface area contributed by atoms with Crippen LogP contribution in [-0.4, -0.2) is 30.3 Å². The second-order valence-corrected chi connectivity index (χ2v) is 6.47. The summed E-state index contributed by atoms with van der Waals surface area (Å²) >= 11 is 0. The molecular weight excluding hydrogens is 427 g/mol. The number of anilines is 1. The van der Waals surface area contributed by atoms with Gasteiger partial charge in [0, 0.05) is 11.6 Å². The standard InChI is InChI=1S/C18H11F5N6O2/c19-16(20)15-12-5-9(18(21,22)23)1-3-11(12)17(31)29(27-15)7-14(30)25-10-2-4-13-26-24-8-28(13)6-10/h1-6,8,16H,7H2,(H,25,30). The summed E-state index contributed by atoms with van der Waals surface area (Å²) in [7, 11) is 0. The molecule has 0 aliphatic heterocycles. The van der Waals surface area contributed by atoms with Crippen LogP contribution >= 0.6 is 0 Å². The molecule has 0 bridgehead atoms. The summed E-state index contributed by atoms with van der Waals surface area (Å²) in [5.41, 5.74) is -2.36. The molecule has 8 nitrogen and oxygen atoms in total. The van der Waals surface area contributed by atoms with Crippen molar-refractivity contribution in [3.8, 4) is 0 Å². The van der Waals surface area contributed by atoms with Gasteiger partial charge in [-0.2, -0.15) is 18.3 Å². The number of nitrogens with zero attached hydrogens (tertiary/aromatic N) is 5. The Hall–Kier alpha value is -3.90. The first-order valence-corrected chi connectivity index (χ1v) is 8.63. The van der Waals surface area contributed by atoms with Crippen LogP contribution in [0.4, 0.5) is 27.6 Å². The number of alkyl halides is 5. The number of hydrogen-bond acceptors (Lipinski definition) is 5. The Kier molecular flexibility index (Phi) is 4.87. The number of nitrogens with one attached hydrogen (secondary N) is 1. The molecule has 0 radical (unpaired) electrons. The molecule has 4 aromatic rings. The van der Waals surface area contributed by atoms with E-state index in [4.69, 9.17) is 0 Å². The van der Waals surface area contributed by atoms with Gasteiger partial charge in [-0.05, 0) is 30.3 Å². The molecule has 3 aromatic heterocycles. The predicted octanol–water partition coefficient (Wildman–Crippen LogP) is 3.03. The van der Waals surface area contributed by atoms with Crippen LogP contribution in [0.25, 0.3) is 16.4 Å². The normalized spacial score (nSPS) is 12.1.